The second-order valence-electron chi connectivity index (χ2n) is 15.0. The van der Waals surface area contributed by atoms with Crippen molar-refractivity contribution in [2.45, 2.75) is 26.2 Å². The molecule has 7 aromatic rings. The van der Waals surface area contributed by atoms with Crippen LogP contribution in [0.3, 0.4) is 0 Å². The molecule has 0 unspecified atom stereocenters. The van der Waals surface area contributed by atoms with Gasteiger partial charge in [0.25, 0.3) is 11.5 Å². The van der Waals surface area contributed by atoms with E-state index in [4.69, 9.17) is 21.1 Å². The number of fused-ring (bicyclic) bond motifs is 2. The van der Waals surface area contributed by atoms with Gasteiger partial charge >= 0.3 is 0 Å². The Hall–Kier alpha value is -6.21. The lowest BCUT2D eigenvalue weighted by Crippen LogP contribution is -2.49. The first-order chi connectivity index (χ1) is 29.7. The maximum Gasteiger partial charge on any atom is 0.272 e. The molecule has 1 aliphatic heterocycles. The maximum absolute atomic E-state index is 15.0. The van der Waals surface area contributed by atoms with Gasteiger partial charge < -0.3 is 14.4 Å². The van der Waals surface area contributed by atoms with Crippen LogP contribution in [0.5, 0.6) is 5.75 Å². The summed E-state index contributed by atoms with van der Waals surface area (Å²) < 4.78 is 41.0. The predicted octanol–water partition coefficient (Wildman–Crippen LogP) is 8.93. The third-order valence-corrected chi connectivity index (χ3v) is 11.4. The van der Waals surface area contributed by atoms with Crippen LogP contribution in [0.15, 0.2) is 114 Å². The van der Waals surface area contributed by atoms with E-state index in [2.05, 4.69) is 44.4 Å². The Kier molecular flexibility index (Phi) is 12.9. The van der Waals surface area contributed by atoms with Gasteiger partial charge in [0, 0.05) is 62.9 Å². The van der Waals surface area contributed by atoms with Crippen molar-refractivity contribution in [2.24, 2.45) is 0 Å². The van der Waals surface area contributed by atoms with Gasteiger partial charge in [-0.15, -0.1) is 0 Å². The number of amides is 1. The standard InChI is InChI=1S/C48H45ClF2N6O4/c1-2-37(38-15-12-35(50)29-42(38)49)46(33-11-17-44-34(28-33)30-52-53-44)32-9-13-36(14-10-32)61-24-5-23-60-25-22-56-18-20-57(21-19-56)48(59)41-26-31(8-16-43(41)51)27-45-39-6-3-4-7-40(39)47(58)55-54-45/h3-4,6-17,26,28-30H,2,5,18-25,27H2,1H3,(H,52,53)(H,55,58)/b46-37+. The van der Waals surface area contributed by atoms with E-state index in [1.165, 1.54) is 18.2 Å². The number of hydrogen-bond donors (Lipinski definition) is 2. The Bertz CT molecular complexity index is 2760. The summed E-state index contributed by atoms with van der Waals surface area (Å²) in [6, 6.07) is 30.4. The number of allylic oxidation sites excluding steroid dienone is 1. The number of halogens is 3. The number of nitrogens with one attached hydrogen (secondary N) is 2. The Morgan fingerprint density at radius 3 is 2.39 bits per heavy atom. The van der Waals surface area contributed by atoms with E-state index in [-0.39, 0.29) is 22.8 Å². The second-order valence-corrected chi connectivity index (χ2v) is 15.4. The molecule has 1 fully saturated rings. The van der Waals surface area contributed by atoms with Crippen LogP contribution >= 0.6 is 11.6 Å². The smallest absolute Gasteiger partial charge is 0.272 e. The van der Waals surface area contributed by atoms with Crippen molar-refractivity contribution < 1.29 is 23.0 Å². The fraction of sp³-hybridized carbons (Fsp3) is 0.250. The van der Waals surface area contributed by atoms with Crippen LogP contribution in [-0.2, 0) is 11.2 Å². The van der Waals surface area contributed by atoms with Gasteiger partial charge in [-0.1, -0.05) is 67.1 Å². The molecule has 61 heavy (non-hydrogen) atoms. The quantitative estimate of drug-likeness (QED) is 0.0783. The largest absolute Gasteiger partial charge is 0.494 e. The molecule has 1 saturated heterocycles. The topological polar surface area (TPSA) is 116 Å². The van der Waals surface area contributed by atoms with Gasteiger partial charge in [-0.2, -0.15) is 10.2 Å². The average Bonchev–Trinajstić information content (AvgIpc) is 3.76. The lowest BCUT2D eigenvalue weighted by atomic mass is 9.87. The summed E-state index contributed by atoms with van der Waals surface area (Å²) in [6.45, 7) is 6.65. The van der Waals surface area contributed by atoms with E-state index in [1.807, 2.05) is 42.5 Å². The zero-order valence-electron chi connectivity index (χ0n) is 33.7. The SMILES string of the molecule is CC/C(=C(/c1ccc(OCCCOCCN2CCN(C(=O)c3cc(Cc4n[nH]c(=O)c5ccccc45)ccc3F)CC2)cc1)c1ccc2[nH]ncc2c1)c1ccc(F)cc1Cl. The molecule has 3 heterocycles. The number of carbonyl (C=O) groups is 1. The molecule has 0 bridgehead atoms. The number of benzene rings is 5. The number of hydrogen-bond acceptors (Lipinski definition) is 7. The monoisotopic (exact) mass is 842 g/mol. The lowest BCUT2D eigenvalue weighted by Gasteiger charge is -2.34. The van der Waals surface area contributed by atoms with Crippen LogP contribution in [0.1, 0.15) is 58.1 Å². The molecule has 2 aromatic heterocycles. The van der Waals surface area contributed by atoms with E-state index in [1.54, 1.807) is 41.4 Å². The molecular weight excluding hydrogens is 798 g/mol. The van der Waals surface area contributed by atoms with Crippen molar-refractivity contribution in [2.75, 3.05) is 52.5 Å². The molecule has 10 nitrogen and oxygen atoms in total. The fourth-order valence-corrected chi connectivity index (χ4v) is 8.19. The number of piperazine rings is 1. The van der Waals surface area contributed by atoms with Crippen LogP contribution in [0.25, 0.3) is 32.8 Å². The van der Waals surface area contributed by atoms with Crippen molar-refractivity contribution in [3.8, 4) is 5.75 Å². The van der Waals surface area contributed by atoms with Crippen molar-refractivity contribution in [3.63, 3.8) is 0 Å². The Balaban J connectivity index is 0.797. The van der Waals surface area contributed by atoms with Gasteiger partial charge in [-0.05, 0) is 94.4 Å². The molecule has 8 rings (SSSR count). The molecule has 0 spiro atoms. The highest BCUT2D eigenvalue weighted by atomic mass is 35.5. The highest BCUT2D eigenvalue weighted by Gasteiger charge is 2.25. The molecule has 0 saturated carbocycles. The molecular formula is C48H45ClF2N6O4. The minimum atomic E-state index is -0.564. The Morgan fingerprint density at radius 2 is 1.61 bits per heavy atom. The van der Waals surface area contributed by atoms with E-state index in [0.717, 1.165) is 62.0 Å². The first kappa shape index (κ1) is 41.5. The zero-order chi connectivity index (χ0) is 42.3. The fourth-order valence-electron chi connectivity index (χ4n) is 7.90. The van der Waals surface area contributed by atoms with Gasteiger partial charge in [0.05, 0.1) is 46.6 Å². The number of carbonyl (C=O) groups excluding carboxylic acids is 1. The minimum Gasteiger partial charge on any atom is -0.494 e. The van der Waals surface area contributed by atoms with E-state index >= 15 is 0 Å². The van der Waals surface area contributed by atoms with Gasteiger partial charge in [0.1, 0.15) is 17.4 Å². The normalized spacial score (nSPS) is 13.8. The van der Waals surface area contributed by atoms with E-state index < -0.39 is 5.82 Å². The Morgan fingerprint density at radius 1 is 0.820 bits per heavy atom. The van der Waals surface area contributed by atoms with Crippen LogP contribution in [0.2, 0.25) is 5.02 Å². The molecule has 1 aliphatic rings. The molecule has 2 N–H and O–H groups in total. The maximum atomic E-state index is 15.0. The highest BCUT2D eigenvalue weighted by molar-refractivity contribution is 6.32. The number of aromatic nitrogens is 4. The first-order valence-electron chi connectivity index (χ1n) is 20.4. The number of H-pyrrole nitrogens is 2. The average molecular weight is 843 g/mol. The summed E-state index contributed by atoms with van der Waals surface area (Å²) in [5, 5.41) is 16.6. The number of rotatable bonds is 15. The third-order valence-electron chi connectivity index (χ3n) is 11.1. The van der Waals surface area contributed by atoms with Gasteiger partial charge in [0.2, 0.25) is 0 Å². The van der Waals surface area contributed by atoms with Crippen LogP contribution in [-0.4, -0.2) is 88.6 Å². The zero-order valence-corrected chi connectivity index (χ0v) is 34.5. The van der Waals surface area contributed by atoms with E-state index in [9.17, 15) is 18.4 Å². The minimum absolute atomic E-state index is 0.0317. The van der Waals surface area contributed by atoms with Gasteiger partial charge in [-0.3, -0.25) is 19.6 Å². The summed E-state index contributed by atoms with van der Waals surface area (Å²) in [5.41, 5.74) is 6.84. The Labute approximate surface area is 356 Å². The summed E-state index contributed by atoms with van der Waals surface area (Å²) in [5.74, 6) is -0.543. The first-order valence-corrected chi connectivity index (χ1v) is 20.8. The molecule has 1 amide bonds. The number of ether oxygens (including phenoxy) is 2. The summed E-state index contributed by atoms with van der Waals surface area (Å²) in [7, 11) is 0. The third kappa shape index (κ3) is 9.57. The van der Waals surface area contributed by atoms with Crippen molar-refractivity contribution in [1.29, 1.82) is 0 Å². The highest BCUT2D eigenvalue weighted by Crippen LogP contribution is 2.38. The van der Waals surface area contributed by atoms with Crippen molar-refractivity contribution in [1.82, 2.24) is 30.2 Å². The molecule has 13 heteroatoms. The summed E-state index contributed by atoms with van der Waals surface area (Å²) in [4.78, 5) is 29.6. The molecule has 0 radical (unpaired) electrons. The molecule has 5 aromatic carbocycles. The summed E-state index contributed by atoms with van der Waals surface area (Å²) >= 11 is 6.59. The van der Waals surface area contributed by atoms with Gasteiger partial charge in [-0.25, -0.2) is 13.9 Å². The van der Waals surface area contributed by atoms with Crippen LogP contribution in [0.4, 0.5) is 8.78 Å². The van der Waals surface area contributed by atoms with Crippen molar-refractivity contribution in [3.05, 3.63) is 170 Å². The van der Waals surface area contributed by atoms with Gasteiger partial charge in [0.15, 0.2) is 0 Å². The molecule has 312 valence electrons. The summed E-state index contributed by atoms with van der Waals surface area (Å²) in [6.07, 6.45) is 3.52. The number of nitrogens with zero attached hydrogens (tertiary/aromatic N) is 4. The van der Waals surface area contributed by atoms with Crippen LogP contribution < -0.4 is 10.3 Å². The molecule has 0 aliphatic carbocycles. The number of aromatic amines is 2. The predicted molar refractivity (Wildman–Crippen MR) is 235 cm³/mol. The second kappa shape index (κ2) is 19.0. The van der Waals surface area contributed by atoms with Crippen molar-refractivity contribution >= 4 is 50.3 Å². The lowest BCUT2D eigenvalue weighted by molar-refractivity contribution is 0.0535. The van der Waals surface area contributed by atoms with Crippen LogP contribution in [0, 0.1) is 11.6 Å². The van der Waals surface area contributed by atoms with E-state index in [0.29, 0.717) is 81.4 Å². The molecule has 0 atom stereocenters.